The summed E-state index contributed by atoms with van der Waals surface area (Å²) >= 11 is 3.36. The summed E-state index contributed by atoms with van der Waals surface area (Å²) in [5, 5.41) is 10.1. The van der Waals surface area contributed by atoms with Crippen molar-refractivity contribution in [1.29, 1.82) is 0 Å². The Morgan fingerprint density at radius 2 is 2.05 bits per heavy atom. The van der Waals surface area contributed by atoms with E-state index in [-0.39, 0.29) is 5.69 Å². The highest BCUT2D eigenvalue weighted by molar-refractivity contribution is 9.10. The molecule has 0 unspecified atom stereocenters. The quantitative estimate of drug-likeness (QED) is 0.786. The molecule has 6 nitrogen and oxygen atoms in total. The number of H-pyrrole nitrogens is 1. The molecule has 2 amide bonds. The Hall–Kier alpha value is -1.89. The first-order chi connectivity index (χ1) is 9.70. The molecular formula is C14H17BrN4O2. The molecule has 0 fully saturated rings. The van der Waals surface area contributed by atoms with Crippen LogP contribution in [0.3, 0.4) is 0 Å². The number of hydrogen-bond acceptors (Lipinski definition) is 3. The van der Waals surface area contributed by atoms with Gasteiger partial charge in [0.1, 0.15) is 6.04 Å². The number of benzene rings is 1. The van der Waals surface area contributed by atoms with E-state index in [1.54, 1.807) is 6.07 Å². The van der Waals surface area contributed by atoms with Crippen molar-refractivity contribution in [3.63, 3.8) is 0 Å². The van der Waals surface area contributed by atoms with E-state index in [2.05, 4.69) is 31.4 Å². The van der Waals surface area contributed by atoms with Crippen LogP contribution >= 0.6 is 15.9 Å². The number of carbonyl (C=O) groups is 2. The van der Waals surface area contributed by atoms with Crippen LogP contribution in [0.2, 0.25) is 0 Å². The third kappa shape index (κ3) is 3.24. The molecule has 0 spiro atoms. The summed E-state index contributed by atoms with van der Waals surface area (Å²) in [4.78, 5) is 23.9. The SMILES string of the molecule is CC(C)(C)[C@H](NC(=O)c1n[nH]c2ccc(Br)cc12)C(N)=O. The Morgan fingerprint density at radius 1 is 1.38 bits per heavy atom. The van der Waals surface area contributed by atoms with Crippen molar-refractivity contribution in [1.82, 2.24) is 15.5 Å². The molecule has 2 aromatic rings. The maximum Gasteiger partial charge on any atom is 0.273 e. The summed E-state index contributed by atoms with van der Waals surface area (Å²) < 4.78 is 0.840. The highest BCUT2D eigenvalue weighted by Gasteiger charge is 2.32. The first-order valence-electron chi connectivity index (χ1n) is 6.44. The number of primary amides is 1. The molecule has 0 aliphatic rings. The molecule has 112 valence electrons. The van der Waals surface area contributed by atoms with E-state index in [4.69, 9.17) is 5.73 Å². The number of hydrogen-bond donors (Lipinski definition) is 3. The Labute approximate surface area is 130 Å². The average Bonchev–Trinajstić information content (AvgIpc) is 2.76. The van der Waals surface area contributed by atoms with Crippen LogP contribution in [-0.2, 0) is 4.79 Å². The maximum atomic E-state index is 12.4. The van der Waals surface area contributed by atoms with Crippen molar-refractivity contribution in [2.24, 2.45) is 11.1 Å². The van der Waals surface area contributed by atoms with Gasteiger partial charge in [-0.1, -0.05) is 36.7 Å². The summed E-state index contributed by atoms with van der Waals surface area (Å²) in [6.07, 6.45) is 0. The van der Waals surface area contributed by atoms with Gasteiger partial charge in [0.05, 0.1) is 5.52 Å². The van der Waals surface area contributed by atoms with Crippen LogP contribution in [0, 0.1) is 5.41 Å². The number of halogens is 1. The zero-order chi connectivity index (χ0) is 15.8. The van der Waals surface area contributed by atoms with Gasteiger partial charge in [-0.05, 0) is 23.6 Å². The normalized spacial score (nSPS) is 13.1. The summed E-state index contributed by atoms with van der Waals surface area (Å²) in [5.41, 5.74) is 5.88. The Morgan fingerprint density at radius 3 is 2.62 bits per heavy atom. The van der Waals surface area contributed by atoms with Crippen molar-refractivity contribution in [2.75, 3.05) is 0 Å². The summed E-state index contributed by atoms with van der Waals surface area (Å²) in [7, 11) is 0. The van der Waals surface area contributed by atoms with E-state index >= 15 is 0 Å². The van der Waals surface area contributed by atoms with Gasteiger partial charge in [-0.3, -0.25) is 14.7 Å². The molecule has 0 bridgehead atoms. The lowest BCUT2D eigenvalue weighted by Gasteiger charge is -2.28. The molecule has 0 saturated carbocycles. The smallest absolute Gasteiger partial charge is 0.273 e. The van der Waals surface area contributed by atoms with Crippen molar-refractivity contribution < 1.29 is 9.59 Å². The monoisotopic (exact) mass is 352 g/mol. The minimum absolute atomic E-state index is 0.238. The number of aromatic amines is 1. The molecule has 0 aliphatic carbocycles. The molecule has 1 aromatic carbocycles. The predicted molar refractivity (Wildman–Crippen MR) is 83.7 cm³/mol. The number of rotatable bonds is 3. The van der Waals surface area contributed by atoms with Crippen LogP contribution in [0.15, 0.2) is 22.7 Å². The second kappa shape index (κ2) is 5.48. The third-order valence-electron chi connectivity index (χ3n) is 3.17. The molecular weight excluding hydrogens is 336 g/mol. The summed E-state index contributed by atoms with van der Waals surface area (Å²) in [6.45, 7) is 5.51. The van der Waals surface area contributed by atoms with E-state index < -0.39 is 23.3 Å². The summed E-state index contributed by atoms with van der Waals surface area (Å²) in [6, 6.07) is 4.69. The van der Waals surface area contributed by atoms with Crippen LogP contribution in [0.4, 0.5) is 0 Å². The average molecular weight is 353 g/mol. The number of nitrogens with zero attached hydrogens (tertiary/aromatic N) is 1. The highest BCUT2D eigenvalue weighted by atomic mass is 79.9. The topological polar surface area (TPSA) is 101 Å². The van der Waals surface area contributed by atoms with E-state index in [1.165, 1.54) is 0 Å². The lowest BCUT2D eigenvalue weighted by atomic mass is 9.86. The van der Waals surface area contributed by atoms with Gasteiger partial charge in [-0.15, -0.1) is 0 Å². The Kier molecular flexibility index (Phi) is 4.04. The number of nitrogens with two attached hydrogens (primary N) is 1. The third-order valence-corrected chi connectivity index (χ3v) is 3.66. The van der Waals surface area contributed by atoms with Crippen LogP contribution in [-0.4, -0.2) is 28.1 Å². The fourth-order valence-electron chi connectivity index (χ4n) is 2.07. The first-order valence-corrected chi connectivity index (χ1v) is 7.23. The first kappa shape index (κ1) is 15.5. The highest BCUT2D eigenvalue weighted by Crippen LogP contribution is 2.23. The lowest BCUT2D eigenvalue weighted by molar-refractivity contribution is -0.122. The summed E-state index contributed by atoms with van der Waals surface area (Å²) in [5.74, 6) is -1.00. The van der Waals surface area contributed by atoms with Crippen molar-refractivity contribution in [2.45, 2.75) is 26.8 Å². The minimum atomic E-state index is -0.774. The number of fused-ring (bicyclic) bond motifs is 1. The van der Waals surface area contributed by atoms with Crippen molar-refractivity contribution in [3.8, 4) is 0 Å². The van der Waals surface area contributed by atoms with Gasteiger partial charge in [0.2, 0.25) is 5.91 Å². The van der Waals surface area contributed by atoms with Crippen LogP contribution in [0.5, 0.6) is 0 Å². The van der Waals surface area contributed by atoms with E-state index in [1.807, 2.05) is 32.9 Å². The van der Waals surface area contributed by atoms with Crippen LogP contribution in [0.1, 0.15) is 31.3 Å². The zero-order valence-electron chi connectivity index (χ0n) is 12.0. The molecule has 1 atom stereocenters. The van der Waals surface area contributed by atoms with Gasteiger partial charge in [-0.2, -0.15) is 5.10 Å². The second-order valence-corrected chi connectivity index (χ2v) is 6.85. The number of aromatic nitrogens is 2. The Balaban J connectivity index is 2.34. The lowest BCUT2D eigenvalue weighted by Crippen LogP contribution is -2.52. The van der Waals surface area contributed by atoms with Gasteiger partial charge < -0.3 is 11.1 Å². The minimum Gasteiger partial charge on any atom is -0.368 e. The molecule has 7 heteroatoms. The van der Waals surface area contributed by atoms with Crippen molar-refractivity contribution >= 4 is 38.6 Å². The fourth-order valence-corrected chi connectivity index (χ4v) is 2.43. The Bertz CT molecular complexity index is 703. The molecule has 0 aliphatic heterocycles. The van der Waals surface area contributed by atoms with Gasteiger partial charge in [-0.25, -0.2) is 0 Å². The number of carbonyl (C=O) groups excluding carboxylic acids is 2. The standard InChI is InChI=1S/C14H17BrN4O2/c1-14(2,3)11(12(16)20)17-13(21)10-8-6-7(15)4-5-9(8)18-19-10/h4-6,11H,1-3H3,(H2,16,20)(H,17,21)(H,18,19)/t11-/m1/s1. The van der Waals surface area contributed by atoms with Gasteiger partial charge in [0.15, 0.2) is 5.69 Å². The maximum absolute atomic E-state index is 12.4. The number of amides is 2. The molecule has 1 aromatic heterocycles. The fraction of sp³-hybridized carbons (Fsp3) is 0.357. The van der Waals surface area contributed by atoms with Crippen LogP contribution < -0.4 is 11.1 Å². The largest absolute Gasteiger partial charge is 0.368 e. The predicted octanol–water partition coefficient (Wildman–Crippen LogP) is 1.96. The van der Waals surface area contributed by atoms with Gasteiger partial charge in [0, 0.05) is 9.86 Å². The molecule has 2 rings (SSSR count). The van der Waals surface area contributed by atoms with Gasteiger partial charge >= 0.3 is 0 Å². The molecule has 21 heavy (non-hydrogen) atoms. The van der Waals surface area contributed by atoms with Gasteiger partial charge in [0.25, 0.3) is 5.91 Å². The molecule has 4 N–H and O–H groups in total. The molecule has 0 radical (unpaired) electrons. The van der Waals surface area contributed by atoms with E-state index in [9.17, 15) is 9.59 Å². The molecule has 1 heterocycles. The molecule has 0 saturated heterocycles. The second-order valence-electron chi connectivity index (χ2n) is 5.94. The zero-order valence-corrected chi connectivity index (χ0v) is 13.6. The van der Waals surface area contributed by atoms with E-state index in [0.29, 0.717) is 5.39 Å². The van der Waals surface area contributed by atoms with Crippen LogP contribution in [0.25, 0.3) is 10.9 Å². The van der Waals surface area contributed by atoms with Crippen molar-refractivity contribution in [3.05, 3.63) is 28.4 Å². The number of nitrogens with one attached hydrogen (secondary N) is 2. The van der Waals surface area contributed by atoms with E-state index in [0.717, 1.165) is 9.99 Å².